The SMILES string of the molecule is CCCCC(=O)Nc1cnc(N2CC=C(c3ccccc3C)CC2)c(C(=O)O)c1. The average Bonchev–Trinajstić information content (AvgIpc) is 2.73. The maximum absolute atomic E-state index is 11.9. The van der Waals surface area contributed by atoms with Crippen molar-refractivity contribution < 1.29 is 14.7 Å². The summed E-state index contributed by atoms with van der Waals surface area (Å²) in [6.07, 6.45) is 6.64. The molecule has 0 atom stereocenters. The lowest BCUT2D eigenvalue weighted by atomic mass is 9.95. The molecule has 2 heterocycles. The van der Waals surface area contributed by atoms with Crippen LogP contribution in [-0.2, 0) is 4.79 Å². The number of carbonyl (C=O) groups is 2. The summed E-state index contributed by atoms with van der Waals surface area (Å²) in [4.78, 5) is 30.1. The molecule has 0 saturated heterocycles. The van der Waals surface area contributed by atoms with E-state index >= 15 is 0 Å². The Morgan fingerprint density at radius 1 is 1.28 bits per heavy atom. The average molecular weight is 393 g/mol. The molecule has 6 heteroatoms. The number of aromatic nitrogens is 1. The molecule has 1 amide bonds. The molecular weight excluding hydrogens is 366 g/mol. The molecular formula is C23H27N3O3. The zero-order chi connectivity index (χ0) is 20.8. The van der Waals surface area contributed by atoms with Crippen LogP contribution in [0.25, 0.3) is 5.57 Å². The summed E-state index contributed by atoms with van der Waals surface area (Å²) in [5.74, 6) is -0.739. The number of carboxylic acids is 1. The van der Waals surface area contributed by atoms with Crippen molar-refractivity contribution in [3.8, 4) is 0 Å². The number of benzene rings is 1. The van der Waals surface area contributed by atoms with E-state index in [4.69, 9.17) is 0 Å². The lowest BCUT2D eigenvalue weighted by molar-refractivity contribution is -0.116. The van der Waals surface area contributed by atoms with Crippen molar-refractivity contribution in [2.45, 2.75) is 39.5 Å². The Bertz CT molecular complexity index is 937. The first kappa shape index (κ1) is 20.6. The molecule has 2 aromatic rings. The number of carbonyl (C=O) groups excluding carboxylic acids is 1. The number of nitrogens with one attached hydrogen (secondary N) is 1. The molecule has 0 radical (unpaired) electrons. The van der Waals surface area contributed by atoms with Crippen molar-refractivity contribution in [1.29, 1.82) is 0 Å². The van der Waals surface area contributed by atoms with Gasteiger partial charge in [-0.1, -0.05) is 43.7 Å². The van der Waals surface area contributed by atoms with E-state index in [1.54, 1.807) is 0 Å². The molecule has 0 spiro atoms. The van der Waals surface area contributed by atoms with Crippen molar-refractivity contribution in [2.24, 2.45) is 0 Å². The molecule has 0 bridgehead atoms. The van der Waals surface area contributed by atoms with Crippen molar-refractivity contribution in [3.63, 3.8) is 0 Å². The Balaban J connectivity index is 1.78. The summed E-state index contributed by atoms with van der Waals surface area (Å²) in [7, 11) is 0. The van der Waals surface area contributed by atoms with Crippen LogP contribution in [0.4, 0.5) is 11.5 Å². The van der Waals surface area contributed by atoms with Gasteiger partial charge in [0.15, 0.2) is 0 Å². The predicted octanol–water partition coefficient (Wildman–Crippen LogP) is 4.51. The fraction of sp³-hybridized carbons (Fsp3) is 0.348. The van der Waals surface area contributed by atoms with Gasteiger partial charge in [0.05, 0.1) is 11.9 Å². The first-order chi connectivity index (χ1) is 14.0. The van der Waals surface area contributed by atoms with E-state index in [1.165, 1.54) is 29.0 Å². The van der Waals surface area contributed by atoms with Gasteiger partial charge in [-0.15, -0.1) is 0 Å². The van der Waals surface area contributed by atoms with Gasteiger partial charge < -0.3 is 15.3 Å². The number of anilines is 2. The number of carboxylic acid groups (broad SMARTS) is 1. The maximum atomic E-state index is 11.9. The van der Waals surface area contributed by atoms with Gasteiger partial charge >= 0.3 is 5.97 Å². The molecule has 1 aromatic carbocycles. The van der Waals surface area contributed by atoms with Gasteiger partial charge in [-0.05, 0) is 42.5 Å². The predicted molar refractivity (Wildman–Crippen MR) is 115 cm³/mol. The van der Waals surface area contributed by atoms with E-state index in [-0.39, 0.29) is 11.5 Å². The molecule has 0 saturated carbocycles. The molecule has 2 N–H and O–H groups in total. The number of amides is 1. The molecule has 29 heavy (non-hydrogen) atoms. The van der Waals surface area contributed by atoms with E-state index in [0.717, 1.165) is 19.3 Å². The second-order valence-electron chi connectivity index (χ2n) is 7.29. The normalized spacial score (nSPS) is 13.7. The highest BCUT2D eigenvalue weighted by molar-refractivity contribution is 5.97. The first-order valence-electron chi connectivity index (χ1n) is 10.0. The number of unbranched alkanes of at least 4 members (excludes halogenated alkanes) is 1. The minimum atomic E-state index is -1.05. The van der Waals surface area contributed by atoms with Crippen LogP contribution in [0, 0.1) is 6.92 Å². The van der Waals surface area contributed by atoms with Crippen LogP contribution >= 0.6 is 0 Å². The molecule has 1 aliphatic heterocycles. The number of nitrogens with zero attached hydrogens (tertiary/aromatic N) is 2. The van der Waals surface area contributed by atoms with Crippen molar-refractivity contribution >= 4 is 29.0 Å². The molecule has 6 nitrogen and oxygen atoms in total. The number of hydrogen-bond donors (Lipinski definition) is 2. The van der Waals surface area contributed by atoms with Crippen LogP contribution in [0.1, 0.15) is 54.1 Å². The summed E-state index contributed by atoms with van der Waals surface area (Å²) in [6, 6.07) is 9.77. The lowest BCUT2D eigenvalue weighted by Gasteiger charge is -2.29. The van der Waals surface area contributed by atoms with Gasteiger partial charge in [0.2, 0.25) is 5.91 Å². The number of aryl methyl sites for hydroxylation is 1. The lowest BCUT2D eigenvalue weighted by Crippen LogP contribution is -2.30. The van der Waals surface area contributed by atoms with E-state index in [9.17, 15) is 14.7 Å². The van der Waals surface area contributed by atoms with Crippen LogP contribution in [0.5, 0.6) is 0 Å². The number of aromatic carboxylic acids is 1. The fourth-order valence-corrected chi connectivity index (χ4v) is 3.54. The second kappa shape index (κ2) is 9.37. The third kappa shape index (κ3) is 5.02. The monoisotopic (exact) mass is 393 g/mol. The molecule has 3 rings (SSSR count). The Morgan fingerprint density at radius 2 is 2.07 bits per heavy atom. The zero-order valence-corrected chi connectivity index (χ0v) is 16.9. The van der Waals surface area contributed by atoms with Crippen LogP contribution in [0.3, 0.4) is 0 Å². The van der Waals surface area contributed by atoms with E-state index in [2.05, 4.69) is 35.4 Å². The molecule has 0 fully saturated rings. The maximum Gasteiger partial charge on any atom is 0.339 e. The zero-order valence-electron chi connectivity index (χ0n) is 16.9. The molecule has 1 aromatic heterocycles. The third-order valence-corrected chi connectivity index (χ3v) is 5.14. The van der Waals surface area contributed by atoms with Gasteiger partial charge in [-0.2, -0.15) is 0 Å². The Labute approximate surface area is 171 Å². The molecule has 0 unspecified atom stereocenters. The smallest absolute Gasteiger partial charge is 0.339 e. The standard InChI is InChI=1S/C23H27N3O3/c1-3-4-9-21(27)25-18-14-20(23(28)29)22(24-15-18)26-12-10-17(11-13-26)19-8-6-5-7-16(19)2/h5-8,10,14-15H,3-4,9,11-13H2,1-2H3,(H,25,27)(H,28,29). The quantitative estimate of drug-likeness (QED) is 0.723. The van der Waals surface area contributed by atoms with Crippen LogP contribution in [-0.4, -0.2) is 35.1 Å². The Hall–Kier alpha value is -3.15. The number of rotatable bonds is 7. The highest BCUT2D eigenvalue weighted by Gasteiger charge is 2.21. The summed E-state index contributed by atoms with van der Waals surface area (Å²) < 4.78 is 0. The van der Waals surface area contributed by atoms with Crippen LogP contribution in [0.2, 0.25) is 0 Å². The highest BCUT2D eigenvalue weighted by Crippen LogP contribution is 2.29. The molecule has 0 aliphatic carbocycles. The summed E-state index contributed by atoms with van der Waals surface area (Å²) in [5, 5.41) is 12.4. The minimum absolute atomic E-state index is 0.103. The van der Waals surface area contributed by atoms with E-state index < -0.39 is 5.97 Å². The number of hydrogen-bond acceptors (Lipinski definition) is 4. The Kier molecular flexibility index (Phi) is 6.65. The molecule has 1 aliphatic rings. The summed E-state index contributed by atoms with van der Waals surface area (Å²) >= 11 is 0. The van der Waals surface area contributed by atoms with Gasteiger partial charge in [0, 0.05) is 19.5 Å². The van der Waals surface area contributed by atoms with Crippen LogP contribution < -0.4 is 10.2 Å². The summed E-state index contributed by atoms with van der Waals surface area (Å²) in [5.41, 5.74) is 4.27. The van der Waals surface area contributed by atoms with Crippen molar-refractivity contribution in [1.82, 2.24) is 4.98 Å². The fourth-order valence-electron chi connectivity index (χ4n) is 3.54. The topological polar surface area (TPSA) is 82.5 Å². The summed E-state index contributed by atoms with van der Waals surface area (Å²) in [6.45, 7) is 5.40. The van der Waals surface area contributed by atoms with Crippen molar-refractivity contribution in [2.75, 3.05) is 23.3 Å². The van der Waals surface area contributed by atoms with Gasteiger partial charge in [0.1, 0.15) is 11.4 Å². The van der Waals surface area contributed by atoms with Gasteiger partial charge in [-0.25, -0.2) is 9.78 Å². The van der Waals surface area contributed by atoms with Gasteiger partial charge in [0.25, 0.3) is 0 Å². The largest absolute Gasteiger partial charge is 0.478 e. The molecule has 152 valence electrons. The van der Waals surface area contributed by atoms with Crippen LogP contribution in [0.15, 0.2) is 42.6 Å². The van der Waals surface area contributed by atoms with E-state index in [1.807, 2.05) is 24.0 Å². The van der Waals surface area contributed by atoms with Gasteiger partial charge in [-0.3, -0.25) is 4.79 Å². The first-order valence-corrected chi connectivity index (χ1v) is 10.0. The third-order valence-electron chi connectivity index (χ3n) is 5.14. The highest BCUT2D eigenvalue weighted by atomic mass is 16.4. The van der Waals surface area contributed by atoms with E-state index in [0.29, 0.717) is 31.0 Å². The van der Waals surface area contributed by atoms with Crippen molar-refractivity contribution in [3.05, 3.63) is 59.3 Å². The Morgan fingerprint density at radius 3 is 2.72 bits per heavy atom. The second-order valence-corrected chi connectivity index (χ2v) is 7.29. The minimum Gasteiger partial charge on any atom is -0.478 e. The number of pyridine rings is 1.